The predicted octanol–water partition coefficient (Wildman–Crippen LogP) is 1.40. The molecular weight excluding hydrogens is 355 g/mol. The van der Waals surface area contributed by atoms with Crippen LogP contribution in [0, 0.1) is 5.82 Å². The van der Waals surface area contributed by atoms with Gasteiger partial charge in [0.15, 0.2) is 0 Å². The molecule has 1 spiro atoms. The van der Waals surface area contributed by atoms with Crippen LogP contribution in [0.1, 0.15) is 25.7 Å². The highest BCUT2D eigenvalue weighted by Crippen LogP contribution is 2.40. The molecule has 0 amide bonds. The molecule has 24 heavy (non-hydrogen) atoms. The quantitative estimate of drug-likeness (QED) is 0.799. The molecule has 2 aliphatic rings. The molecule has 0 N–H and O–H groups in total. The highest BCUT2D eigenvalue weighted by molar-refractivity contribution is 7.89. The highest BCUT2D eigenvalue weighted by Gasteiger charge is 2.49. The summed E-state index contributed by atoms with van der Waals surface area (Å²) in [5, 5.41) is 0. The topological polar surface area (TPSA) is 74.8 Å². The Kier molecular flexibility index (Phi) is 4.48. The lowest BCUT2D eigenvalue weighted by Crippen LogP contribution is -2.58. The standard InChI is InChI=1S/C15H21FN2O4S2/c1-23(19,20)18-10-4-8-15(18)7-3-9-17(12-15)24(21,22)14-6-2-5-13(16)11-14/h2,5-6,11H,3-4,7-10,12H2,1H3/t15-/m0/s1. The summed E-state index contributed by atoms with van der Waals surface area (Å²) >= 11 is 0. The number of hydrogen-bond acceptors (Lipinski definition) is 4. The molecule has 0 aromatic heterocycles. The molecule has 1 atom stereocenters. The predicted molar refractivity (Wildman–Crippen MR) is 87.9 cm³/mol. The van der Waals surface area contributed by atoms with Crippen LogP contribution in [-0.4, -0.2) is 56.9 Å². The van der Waals surface area contributed by atoms with Gasteiger partial charge in [0.25, 0.3) is 0 Å². The molecule has 1 aromatic rings. The van der Waals surface area contributed by atoms with E-state index in [2.05, 4.69) is 0 Å². The molecule has 2 saturated heterocycles. The van der Waals surface area contributed by atoms with Gasteiger partial charge in [-0.05, 0) is 43.9 Å². The molecule has 134 valence electrons. The van der Waals surface area contributed by atoms with Gasteiger partial charge in [-0.1, -0.05) is 6.07 Å². The van der Waals surface area contributed by atoms with Crippen molar-refractivity contribution in [2.75, 3.05) is 25.9 Å². The molecule has 9 heteroatoms. The number of benzene rings is 1. The molecule has 0 saturated carbocycles. The van der Waals surface area contributed by atoms with Crippen LogP contribution in [0.5, 0.6) is 0 Å². The third-order valence-corrected chi connectivity index (χ3v) is 8.10. The van der Waals surface area contributed by atoms with E-state index in [1.54, 1.807) is 0 Å². The van der Waals surface area contributed by atoms with Gasteiger partial charge in [-0.3, -0.25) is 0 Å². The van der Waals surface area contributed by atoms with Crippen molar-refractivity contribution in [2.45, 2.75) is 36.1 Å². The lowest BCUT2D eigenvalue weighted by atomic mass is 9.89. The second-order valence-electron chi connectivity index (χ2n) is 6.56. The second-order valence-corrected chi connectivity index (χ2v) is 10.4. The lowest BCUT2D eigenvalue weighted by molar-refractivity contribution is 0.138. The Hall–Kier alpha value is -1.03. The van der Waals surface area contributed by atoms with E-state index < -0.39 is 31.4 Å². The van der Waals surface area contributed by atoms with Crippen molar-refractivity contribution in [3.8, 4) is 0 Å². The van der Waals surface area contributed by atoms with Gasteiger partial charge < -0.3 is 0 Å². The summed E-state index contributed by atoms with van der Waals surface area (Å²) < 4.78 is 66.0. The third-order valence-electron chi connectivity index (χ3n) is 4.89. The Morgan fingerprint density at radius 3 is 2.38 bits per heavy atom. The van der Waals surface area contributed by atoms with Crippen LogP contribution in [0.15, 0.2) is 29.2 Å². The van der Waals surface area contributed by atoms with E-state index >= 15 is 0 Å². The Morgan fingerprint density at radius 2 is 1.75 bits per heavy atom. The first-order valence-corrected chi connectivity index (χ1v) is 11.2. The zero-order chi connectivity index (χ0) is 17.6. The minimum absolute atomic E-state index is 0.0940. The molecule has 2 aliphatic heterocycles. The zero-order valence-corrected chi connectivity index (χ0v) is 15.1. The summed E-state index contributed by atoms with van der Waals surface area (Å²) in [4.78, 5) is -0.0940. The van der Waals surface area contributed by atoms with Crippen molar-refractivity contribution in [1.82, 2.24) is 8.61 Å². The van der Waals surface area contributed by atoms with Crippen LogP contribution in [0.2, 0.25) is 0 Å². The number of sulfonamides is 2. The van der Waals surface area contributed by atoms with Gasteiger partial charge in [0, 0.05) is 25.2 Å². The first-order valence-electron chi connectivity index (χ1n) is 7.89. The highest BCUT2D eigenvalue weighted by atomic mass is 32.2. The van der Waals surface area contributed by atoms with Crippen molar-refractivity contribution in [3.63, 3.8) is 0 Å². The van der Waals surface area contributed by atoms with Gasteiger partial charge in [0.05, 0.1) is 11.2 Å². The minimum Gasteiger partial charge on any atom is -0.212 e. The van der Waals surface area contributed by atoms with Crippen LogP contribution in [0.4, 0.5) is 4.39 Å². The van der Waals surface area contributed by atoms with E-state index in [0.29, 0.717) is 32.4 Å². The van der Waals surface area contributed by atoms with Crippen molar-refractivity contribution >= 4 is 20.0 Å². The fourth-order valence-corrected chi connectivity index (χ4v) is 6.89. The van der Waals surface area contributed by atoms with Crippen molar-refractivity contribution in [1.29, 1.82) is 0 Å². The number of nitrogens with zero attached hydrogens (tertiary/aromatic N) is 2. The van der Waals surface area contributed by atoms with Gasteiger partial charge in [-0.2, -0.15) is 8.61 Å². The maximum Gasteiger partial charge on any atom is 0.243 e. The number of piperidine rings is 1. The molecule has 0 bridgehead atoms. The molecule has 2 heterocycles. The molecule has 0 radical (unpaired) electrons. The van der Waals surface area contributed by atoms with Gasteiger partial charge >= 0.3 is 0 Å². The first-order chi connectivity index (χ1) is 11.2. The normalized spacial score (nSPS) is 26.9. The summed E-state index contributed by atoms with van der Waals surface area (Å²) in [6.07, 6.45) is 3.77. The van der Waals surface area contributed by atoms with Crippen LogP contribution in [-0.2, 0) is 20.0 Å². The molecule has 6 nitrogen and oxygen atoms in total. The second kappa shape index (κ2) is 6.05. The Morgan fingerprint density at radius 1 is 1.08 bits per heavy atom. The average molecular weight is 376 g/mol. The number of rotatable bonds is 3. The summed E-state index contributed by atoms with van der Waals surface area (Å²) in [6, 6.07) is 4.92. The minimum atomic E-state index is -3.85. The summed E-state index contributed by atoms with van der Waals surface area (Å²) in [6.45, 7) is 0.865. The maximum absolute atomic E-state index is 13.4. The van der Waals surface area contributed by atoms with E-state index in [1.807, 2.05) is 0 Å². The summed E-state index contributed by atoms with van der Waals surface area (Å²) in [5.74, 6) is -0.610. The maximum atomic E-state index is 13.4. The SMILES string of the molecule is CS(=O)(=O)N1CCC[C@]12CCCN(S(=O)(=O)c1cccc(F)c1)C2. The molecule has 2 fully saturated rings. The van der Waals surface area contributed by atoms with Crippen molar-refractivity contribution in [2.24, 2.45) is 0 Å². The van der Waals surface area contributed by atoms with Gasteiger partial charge in [-0.15, -0.1) is 0 Å². The van der Waals surface area contributed by atoms with Crippen LogP contribution in [0.25, 0.3) is 0 Å². The van der Waals surface area contributed by atoms with E-state index in [1.165, 1.54) is 33.1 Å². The Bertz CT molecular complexity index is 841. The Labute approximate surface area is 142 Å². The first kappa shape index (κ1) is 17.8. The fraction of sp³-hybridized carbons (Fsp3) is 0.600. The largest absolute Gasteiger partial charge is 0.243 e. The van der Waals surface area contributed by atoms with Crippen LogP contribution in [0.3, 0.4) is 0 Å². The van der Waals surface area contributed by atoms with Crippen LogP contribution < -0.4 is 0 Å². The number of halogens is 1. The average Bonchev–Trinajstić information content (AvgIpc) is 2.90. The molecule has 3 rings (SSSR count). The van der Waals surface area contributed by atoms with E-state index in [9.17, 15) is 21.2 Å². The summed E-state index contributed by atoms with van der Waals surface area (Å²) in [7, 11) is -7.24. The van der Waals surface area contributed by atoms with Gasteiger partial charge in [0.1, 0.15) is 5.82 Å². The lowest BCUT2D eigenvalue weighted by Gasteiger charge is -2.44. The van der Waals surface area contributed by atoms with E-state index in [0.717, 1.165) is 12.5 Å². The monoisotopic (exact) mass is 376 g/mol. The Balaban J connectivity index is 1.94. The smallest absolute Gasteiger partial charge is 0.212 e. The zero-order valence-electron chi connectivity index (χ0n) is 13.5. The van der Waals surface area contributed by atoms with Crippen LogP contribution >= 0.6 is 0 Å². The molecule has 0 aliphatic carbocycles. The summed E-state index contributed by atoms with van der Waals surface area (Å²) in [5.41, 5.74) is -0.674. The molecule has 0 unspecified atom stereocenters. The van der Waals surface area contributed by atoms with Gasteiger partial charge in [-0.25, -0.2) is 21.2 Å². The molecule has 1 aromatic carbocycles. The molecular formula is C15H21FN2O4S2. The van der Waals surface area contributed by atoms with E-state index in [-0.39, 0.29) is 11.4 Å². The number of hydrogen-bond donors (Lipinski definition) is 0. The van der Waals surface area contributed by atoms with Crippen molar-refractivity contribution < 1.29 is 21.2 Å². The van der Waals surface area contributed by atoms with Gasteiger partial charge in [0.2, 0.25) is 20.0 Å². The third kappa shape index (κ3) is 3.10. The fourth-order valence-electron chi connectivity index (χ4n) is 3.89. The van der Waals surface area contributed by atoms with E-state index in [4.69, 9.17) is 0 Å². The van der Waals surface area contributed by atoms with Crippen molar-refractivity contribution in [3.05, 3.63) is 30.1 Å².